The van der Waals surface area contributed by atoms with Crippen LogP contribution in [0, 0.1) is 19.8 Å². The Bertz CT molecular complexity index is 1130. The zero-order valence-electron chi connectivity index (χ0n) is 18.4. The van der Waals surface area contributed by atoms with Crippen LogP contribution in [-0.2, 0) is 17.6 Å². The number of aliphatic carboxylic acids is 1. The molecule has 5 heteroatoms. The number of anilines is 2. The number of nitrogens with one attached hydrogen (secondary N) is 2. The van der Waals surface area contributed by atoms with Gasteiger partial charge in [-0.1, -0.05) is 36.4 Å². The van der Waals surface area contributed by atoms with Crippen molar-refractivity contribution in [1.29, 1.82) is 0 Å². The van der Waals surface area contributed by atoms with Crippen molar-refractivity contribution in [2.24, 2.45) is 5.92 Å². The smallest absolute Gasteiger partial charge is 0.323 e. The van der Waals surface area contributed by atoms with Crippen LogP contribution in [-0.4, -0.2) is 17.1 Å². The number of carboxylic acids is 1. The highest BCUT2D eigenvalue weighted by molar-refractivity contribution is 6.00. The molecule has 5 nitrogen and oxygen atoms in total. The summed E-state index contributed by atoms with van der Waals surface area (Å²) in [5.74, 6) is -0.488. The average molecular weight is 429 g/mol. The fourth-order valence-electron chi connectivity index (χ4n) is 4.52. The van der Waals surface area contributed by atoms with Crippen LogP contribution in [0.1, 0.15) is 35.1 Å². The Balaban J connectivity index is 1.40. The minimum absolute atomic E-state index is 0.228. The average Bonchev–Trinajstić information content (AvgIpc) is 2.72. The fourth-order valence-corrected chi connectivity index (χ4v) is 4.52. The summed E-state index contributed by atoms with van der Waals surface area (Å²) in [6, 6.07) is 19.9. The zero-order chi connectivity index (χ0) is 22.7. The van der Waals surface area contributed by atoms with Crippen molar-refractivity contribution in [2.75, 3.05) is 10.6 Å². The topological polar surface area (TPSA) is 78.4 Å². The van der Waals surface area contributed by atoms with Crippen molar-refractivity contribution >= 4 is 23.4 Å². The molecular formula is C27H28N2O3. The number of carbonyl (C=O) groups is 2. The second-order valence-corrected chi connectivity index (χ2v) is 8.72. The third kappa shape index (κ3) is 5.35. The van der Waals surface area contributed by atoms with Crippen molar-refractivity contribution in [3.63, 3.8) is 0 Å². The second kappa shape index (κ2) is 9.27. The maximum absolute atomic E-state index is 12.4. The summed E-state index contributed by atoms with van der Waals surface area (Å²) in [7, 11) is 0. The van der Waals surface area contributed by atoms with Gasteiger partial charge >= 0.3 is 12.0 Å². The van der Waals surface area contributed by atoms with Crippen molar-refractivity contribution in [3.8, 4) is 11.1 Å². The second-order valence-electron chi connectivity index (χ2n) is 8.72. The maximum atomic E-state index is 12.4. The molecule has 3 aromatic carbocycles. The third-order valence-electron chi connectivity index (χ3n) is 5.96. The molecule has 1 unspecified atom stereocenters. The molecule has 1 atom stereocenters. The van der Waals surface area contributed by atoms with Crippen LogP contribution < -0.4 is 10.6 Å². The van der Waals surface area contributed by atoms with Crippen LogP contribution in [0.4, 0.5) is 16.2 Å². The third-order valence-corrected chi connectivity index (χ3v) is 5.96. The Morgan fingerprint density at radius 3 is 2.19 bits per heavy atom. The molecule has 0 heterocycles. The number of carboxylic acid groups (broad SMARTS) is 1. The van der Waals surface area contributed by atoms with Gasteiger partial charge in [-0.15, -0.1) is 0 Å². The van der Waals surface area contributed by atoms with E-state index in [1.165, 1.54) is 11.1 Å². The molecule has 3 N–H and O–H groups in total. The lowest BCUT2D eigenvalue weighted by atomic mass is 9.81. The first-order valence-corrected chi connectivity index (χ1v) is 11.0. The summed E-state index contributed by atoms with van der Waals surface area (Å²) >= 11 is 0. The molecule has 0 bridgehead atoms. The van der Waals surface area contributed by atoms with Gasteiger partial charge in [-0.3, -0.25) is 4.79 Å². The van der Waals surface area contributed by atoms with Gasteiger partial charge in [-0.25, -0.2) is 4.79 Å². The lowest BCUT2D eigenvalue weighted by Crippen LogP contribution is -2.19. The Morgan fingerprint density at radius 1 is 0.844 bits per heavy atom. The zero-order valence-corrected chi connectivity index (χ0v) is 18.4. The number of carbonyl (C=O) groups excluding carboxylic acids is 1. The van der Waals surface area contributed by atoms with Gasteiger partial charge in [-0.2, -0.15) is 0 Å². The van der Waals surface area contributed by atoms with Crippen LogP contribution in [0.3, 0.4) is 0 Å². The molecular weight excluding hydrogens is 400 g/mol. The Kier molecular flexibility index (Phi) is 6.26. The van der Waals surface area contributed by atoms with Crippen molar-refractivity contribution in [2.45, 2.75) is 39.5 Å². The van der Waals surface area contributed by atoms with Gasteiger partial charge in [0.15, 0.2) is 0 Å². The Labute approximate surface area is 188 Å². The molecule has 1 aliphatic rings. The van der Waals surface area contributed by atoms with Crippen molar-refractivity contribution < 1.29 is 14.7 Å². The van der Waals surface area contributed by atoms with Crippen LogP contribution in [0.15, 0.2) is 60.7 Å². The summed E-state index contributed by atoms with van der Waals surface area (Å²) in [6.07, 6.45) is 2.91. The SMILES string of the molecule is Cc1cc(C)cc(NC(=O)Nc2ccc(-c3ccc4c(c3)CCC(CC(=O)O)C4)cc2)c1. The molecule has 1 aliphatic carbocycles. The van der Waals surface area contributed by atoms with E-state index in [0.29, 0.717) is 0 Å². The minimum atomic E-state index is -0.716. The summed E-state index contributed by atoms with van der Waals surface area (Å²) in [5, 5.41) is 14.8. The number of hydrogen-bond acceptors (Lipinski definition) is 2. The van der Waals surface area contributed by atoms with E-state index in [0.717, 1.165) is 52.9 Å². The first-order chi connectivity index (χ1) is 15.4. The fraction of sp³-hybridized carbons (Fsp3) is 0.259. The highest BCUT2D eigenvalue weighted by atomic mass is 16.4. The first kappa shape index (κ1) is 21.6. The number of hydrogen-bond donors (Lipinski definition) is 3. The Hall–Kier alpha value is -3.60. The summed E-state index contributed by atoms with van der Waals surface area (Å²) in [5.41, 5.74) is 8.49. The van der Waals surface area contributed by atoms with E-state index in [-0.39, 0.29) is 18.4 Å². The van der Waals surface area contributed by atoms with E-state index in [4.69, 9.17) is 5.11 Å². The molecule has 2 amide bonds. The van der Waals surface area contributed by atoms with Gasteiger partial charge in [0.25, 0.3) is 0 Å². The van der Waals surface area contributed by atoms with Gasteiger partial charge in [0, 0.05) is 17.8 Å². The normalized spacial score (nSPS) is 15.0. The predicted molar refractivity (Wildman–Crippen MR) is 128 cm³/mol. The molecule has 4 rings (SSSR count). The number of urea groups is 1. The molecule has 32 heavy (non-hydrogen) atoms. The van der Waals surface area contributed by atoms with Crippen molar-refractivity contribution in [3.05, 3.63) is 82.9 Å². The first-order valence-electron chi connectivity index (χ1n) is 11.0. The van der Waals surface area contributed by atoms with E-state index in [2.05, 4.69) is 34.9 Å². The van der Waals surface area contributed by atoms with Gasteiger partial charge in [0.1, 0.15) is 0 Å². The van der Waals surface area contributed by atoms with Gasteiger partial charge in [0.2, 0.25) is 0 Å². The van der Waals surface area contributed by atoms with E-state index in [1.54, 1.807) is 0 Å². The molecule has 0 saturated carbocycles. The van der Waals surface area contributed by atoms with Gasteiger partial charge in [0.05, 0.1) is 0 Å². The maximum Gasteiger partial charge on any atom is 0.323 e. The van der Waals surface area contributed by atoms with E-state index >= 15 is 0 Å². The Morgan fingerprint density at radius 2 is 1.50 bits per heavy atom. The standard InChI is InChI=1S/C27H28N2O3/c1-17-11-18(2)13-25(12-17)29-27(32)28-24-9-7-20(8-10-24)22-6-5-21-14-19(15-26(30)31)3-4-23(21)16-22/h5-13,16,19H,3-4,14-15H2,1-2H3,(H,30,31)(H2,28,29,32). The highest BCUT2D eigenvalue weighted by Gasteiger charge is 2.21. The van der Waals surface area contributed by atoms with Crippen molar-refractivity contribution in [1.82, 2.24) is 0 Å². The van der Waals surface area contributed by atoms with Crippen LogP contribution >= 0.6 is 0 Å². The van der Waals surface area contributed by atoms with Gasteiger partial charge < -0.3 is 15.7 Å². The lowest BCUT2D eigenvalue weighted by Gasteiger charge is -2.24. The number of fused-ring (bicyclic) bond motifs is 1. The van der Waals surface area contributed by atoms with E-state index in [9.17, 15) is 9.59 Å². The van der Waals surface area contributed by atoms with E-state index in [1.807, 2.05) is 50.2 Å². The lowest BCUT2D eigenvalue weighted by molar-refractivity contribution is -0.138. The number of aryl methyl sites for hydroxylation is 3. The molecule has 0 spiro atoms. The molecule has 0 fully saturated rings. The molecule has 0 radical (unpaired) electrons. The number of benzene rings is 3. The molecule has 0 aromatic heterocycles. The van der Waals surface area contributed by atoms with E-state index < -0.39 is 5.97 Å². The van der Waals surface area contributed by atoms with Crippen LogP contribution in [0.5, 0.6) is 0 Å². The van der Waals surface area contributed by atoms with Gasteiger partial charge in [-0.05, 0) is 96.7 Å². The number of amides is 2. The highest BCUT2D eigenvalue weighted by Crippen LogP contribution is 2.31. The predicted octanol–water partition coefficient (Wildman–Crippen LogP) is 6.19. The number of rotatable bonds is 5. The van der Waals surface area contributed by atoms with Crippen LogP contribution in [0.25, 0.3) is 11.1 Å². The largest absolute Gasteiger partial charge is 0.481 e. The van der Waals surface area contributed by atoms with Crippen LogP contribution in [0.2, 0.25) is 0 Å². The summed E-state index contributed by atoms with van der Waals surface area (Å²) in [6.45, 7) is 4.01. The monoisotopic (exact) mass is 428 g/mol. The quantitative estimate of drug-likeness (QED) is 0.453. The molecule has 164 valence electrons. The minimum Gasteiger partial charge on any atom is -0.481 e. The molecule has 3 aromatic rings. The molecule has 0 saturated heterocycles. The molecule has 0 aliphatic heterocycles. The summed E-state index contributed by atoms with van der Waals surface area (Å²) in [4.78, 5) is 23.4. The summed E-state index contributed by atoms with van der Waals surface area (Å²) < 4.78 is 0.